The molecule has 1 aromatic carbocycles. The zero-order chi connectivity index (χ0) is 21.4. The fourth-order valence-electron chi connectivity index (χ4n) is 3.70. The molecule has 162 valence electrons. The van der Waals surface area contributed by atoms with Crippen LogP contribution in [0.2, 0.25) is 0 Å². The van der Waals surface area contributed by atoms with Gasteiger partial charge in [-0.3, -0.25) is 0 Å². The first-order valence-electron chi connectivity index (χ1n) is 11.2. The fraction of sp³-hybridized carbons (Fsp3) is 0.760. The third kappa shape index (κ3) is 9.71. The molecule has 0 spiro atoms. The Balaban J connectivity index is 2.57. The highest BCUT2D eigenvalue weighted by molar-refractivity contribution is 5.57. The zero-order valence-corrected chi connectivity index (χ0v) is 19.2. The summed E-state index contributed by atoms with van der Waals surface area (Å²) in [7, 11) is 0. The maximum Gasteiger partial charge on any atom is 0.200 e. The molecule has 0 radical (unpaired) electrons. The van der Waals surface area contributed by atoms with Gasteiger partial charge in [-0.2, -0.15) is 0 Å². The minimum atomic E-state index is -0.376. The van der Waals surface area contributed by atoms with Gasteiger partial charge in [-0.05, 0) is 61.0 Å². The van der Waals surface area contributed by atoms with Gasteiger partial charge in [0.05, 0.1) is 0 Å². The van der Waals surface area contributed by atoms with Crippen molar-refractivity contribution in [1.82, 2.24) is 0 Å². The van der Waals surface area contributed by atoms with Crippen LogP contribution in [-0.4, -0.2) is 15.3 Å². The maximum absolute atomic E-state index is 10.4. The zero-order valence-electron chi connectivity index (χ0n) is 19.2. The quantitative estimate of drug-likeness (QED) is 0.270. The summed E-state index contributed by atoms with van der Waals surface area (Å²) in [6, 6.07) is 1.65. The summed E-state index contributed by atoms with van der Waals surface area (Å²) >= 11 is 0. The molecule has 3 heteroatoms. The number of hydrogen-bond donors (Lipinski definition) is 3. The number of hydrogen-bond acceptors (Lipinski definition) is 3. The first kappa shape index (κ1) is 24.7. The molecule has 1 aromatic rings. The molecule has 28 heavy (non-hydrogen) atoms. The lowest BCUT2D eigenvalue weighted by molar-refractivity contribution is 0.354. The van der Waals surface area contributed by atoms with Crippen LogP contribution < -0.4 is 0 Å². The van der Waals surface area contributed by atoms with Crippen LogP contribution in [0.4, 0.5) is 0 Å². The Morgan fingerprint density at radius 3 is 1.61 bits per heavy atom. The Hall–Kier alpha value is -1.38. The van der Waals surface area contributed by atoms with Crippen molar-refractivity contribution in [1.29, 1.82) is 0 Å². The normalized spacial score (nSPS) is 12.5. The van der Waals surface area contributed by atoms with E-state index >= 15 is 0 Å². The minimum Gasteiger partial charge on any atom is -0.504 e. The summed E-state index contributed by atoms with van der Waals surface area (Å²) in [6.07, 6.45) is 12.0. The summed E-state index contributed by atoms with van der Waals surface area (Å²) in [5.74, 6) is -0.714. The minimum absolute atomic E-state index is 0.126. The molecule has 0 aliphatic carbocycles. The number of phenolic OH excluding ortho intramolecular Hbond substituents is 3. The van der Waals surface area contributed by atoms with E-state index in [2.05, 4.69) is 41.5 Å². The largest absolute Gasteiger partial charge is 0.504 e. The molecule has 3 N–H and O–H groups in total. The van der Waals surface area contributed by atoms with E-state index in [0.717, 1.165) is 49.7 Å². The standard InChI is InChI=1S/C25H44O3/c1-24(2,3)16-12-8-7-10-14-19-18-21(26)23(28)22(27)20(19)15-11-9-13-17-25(4,5)6/h18,26-28H,7-17H2,1-6H3. The van der Waals surface area contributed by atoms with Gasteiger partial charge in [0, 0.05) is 5.56 Å². The van der Waals surface area contributed by atoms with Crippen molar-refractivity contribution >= 4 is 0 Å². The first-order chi connectivity index (χ1) is 12.9. The molecule has 3 nitrogen and oxygen atoms in total. The highest BCUT2D eigenvalue weighted by atomic mass is 16.3. The number of benzene rings is 1. The topological polar surface area (TPSA) is 60.7 Å². The van der Waals surface area contributed by atoms with E-state index in [-0.39, 0.29) is 17.2 Å². The van der Waals surface area contributed by atoms with Crippen molar-refractivity contribution in [3.05, 3.63) is 17.2 Å². The van der Waals surface area contributed by atoms with Gasteiger partial charge in [0.2, 0.25) is 5.75 Å². The molecule has 0 fully saturated rings. The molecule has 0 heterocycles. The van der Waals surface area contributed by atoms with Gasteiger partial charge in [-0.1, -0.05) is 73.6 Å². The number of aromatic hydroxyl groups is 3. The smallest absolute Gasteiger partial charge is 0.200 e. The molecule has 0 saturated heterocycles. The molecule has 0 saturated carbocycles. The second-order valence-electron chi connectivity index (χ2n) is 10.8. The Kier molecular flexibility index (Phi) is 9.66. The fourth-order valence-corrected chi connectivity index (χ4v) is 3.70. The molecule has 0 aliphatic rings. The second-order valence-corrected chi connectivity index (χ2v) is 10.8. The monoisotopic (exact) mass is 392 g/mol. The lowest BCUT2D eigenvalue weighted by Gasteiger charge is -2.18. The predicted octanol–water partition coefficient (Wildman–Crippen LogP) is 7.49. The molecular formula is C25H44O3. The average Bonchev–Trinajstić information content (AvgIpc) is 2.55. The molecule has 0 bridgehead atoms. The van der Waals surface area contributed by atoms with Crippen LogP contribution in [0.15, 0.2) is 6.07 Å². The highest BCUT2D eigenvalue weighted by Gasteiger charge is 2.17. The van der Waals surface area contributed by atoms with Crippen molar-refractivity contribution < 1.29 is 15.3 Å². The van der Waals surface area contributed by atoms with Crippen LogP contribution in [0.5, 0.6) is 17.2 Å². The van der Waals surface area contributed by atoms with Crippen molar-refractivity contribution in [3.8, 4) is 17.2 Å². The molecule has 0 unspecified atom stereocenters. The van der Waals surface area contributed by atoms with Crippen LogP contribution in [0.25, 0.3) is 0 Å². The van der Waals surface area contributed by atoms with Crippen molar-refractivity contribution in [3.63, 3.8) is 0 Å². The van der Waals surface area contributed by atoms with Crippen molar-refractivity contribution in [2.45, 2.75) is 112 Å². The summed E-state index contributed by atoms with van der Waals surface area (Å²) < 4.78 is 0. The molecule has 0 aliphatic heterocycles. The van der Waals surface area contributed by atoms with Gasteiger partial charge in [-0.15, -0.1) is 0 Å². The Labute approximate surface area is 173 Å². The van der Waals surface area contributed by atoms with Crippen LogP contribution >= 0.6 is 0 Å². The summed E-state index contributed by atoms with van der Waals surface area (Å²) in [5.41, 5.74) is 2.56. The van der Waals surface area contributed by atoms with E-state index < -0.39 is 0 Å². The summed E-state index contributed by atoms with van der Waals surface area (Å²) in [6.45, 7) is 13.6. The summed E-state index contributed by atoms with van der Waals surface area (Å²) in [4.78, 5) is 0. The van der Waals surface area contributed by atoms with E-state index in [1.54, 1.807) is 6.07 Å². The third-order valence-corrected chi connectivity index (χ3v) is 5.43. The van der Waals surface area contributed by atoms with E-state index in [4.69, 9.17) is 0 Å². The van der Waals surface area contributed by atoms with Gasteiger partial charge < -0.3 is 15.3 Å². The van der Waals surface area contributed by atoms with E-state index in [0.29, 0.717) is 10.8 Å². The molecule has 0 amide bonds. The number of phenols is 3. The van der Waals surface area contributed by atoms with Gasteiger partial charge >= 0.3 is 0 Å². The predicted molar refractivity (Wildman–Crippen MR) is 119 cm³/mol. The van der Waals surface area contributed by atoms with Crippen LogP contribution in [0.3, 0.4) is 0 Å². The van der Waals surface area contributed by atoms with Crippen molar-refractivity contribution in [2.75, 3.05) is 0 Å². The van der Waals surface area contributed by atoms with Crippen LogP contribution in [-0.2, 0) is 12.8 Å². The average molecular weight is 393 g/mol. The summed E-state index contributed by atoms with van der Waals surface area (Å²) in [5, 5.41) is 30.2. The highest BCUT2D eigenvalue weighted by Crippen LogP contribution is 2.41. The molecule has 0 aromatic heterocycles. The van der Waals surface area contributed by atoms with Gasteiger partial charge in [0.25, 0.3) is 0 Å². The van der Waals surface area contributed by atoms with E-state index in [1.807, 2.05) is 0 Å². The molecule has 1 rings (SSSR count). The van der Waals surface area contributed by atoms with Crippen LogP contribution in [0.1, 0.15) is 110 Å². The number of rotatable bonds is 11. The SMILES string of the molecule is CC(C)(C)CCCCCCc1cc(O)c(O)c(O)c1CCCCCC(C)(C)C. The van der Waals surface area contributed by atoms with E-state index in [9.17, 15) is 15.3 Å². The molecular weight excluding hydrogens is 348 g/mol. The molecule has 0 atom stereocenters. The van der Waals surface area contributed by atoms with E-state index in [1.165, 1.54) is 32.1 Å². The second kappa shape index (κ2) is 11.0. The van der Waals surface area contributed by atoms with Gasteiger partial charge in [0.15, 0.2) is 11.5 Å². The number of aryl methyl sites for hydroxylation is 1. The van der Waals surface area contributed by atoms with Crippen molar-refractivity contribution in [2.24, 2.45) is 10.8 Å². The Bertz CT molecular complexity index is 591. The Morgan fingerprint density at radius 2 is 1.07 bits per heavy atom. The van der Waals surface area contributed by atoms with Gasteiger partial charge in [0.1, 0.15) is 0 Å². The lowest BCUT2D eigenvalue weighted by atomic mass is 9.88. The maximum atomic E-state index is 10.4. The lowest BCUT2D eigenvalue weighted by Crippen LogP contribution is -2.04. The van der Waals surface area contributed by atoms with Gasteiger partial charge in [-0.25, -0.2) is 0 Å². The Morgan fingerprint density at radius 1 is 0.607 bits per heavy atom. The third-order valence-electron chi connectivity index (χ3n) is 5.43. The number of unbranched alkanes of at least 4 members (excludes halogenated alkanes) is 5. The van der Waals surface area contributed by atoms with Crippen LogP contribution in [0, 0.1) is 10.8 Å². The first-order valence-corrected chi connectivity index (χ1v) is 11.2.